The molecule has 0 bridgehead atoms. The van der Waals surface area contributed by atoms with Gasteiger partial charge < -0.3 is 9.84 Å². The van der Waals surface area contributed by atoms with E-state index in [2.05, 4.69) is 14.8 Å². The summed E-state index contributed by atoms with van der Waals surface area (Å²) in [5.41, 5.74) is 8.21. The van der Waals surface area contributed by atoms with Crippen LogP contribution in [-0.2, 0) is 9.53 Å². The summed E-state index contributed by atoms with van der Waals surface area (Å²) in [7, 11) is 1.28. The Morgan fingerprint density at radius 2 is 2.38 bits per heavy atom. The molecule has 1 aliphatic rings. The zero-order valence-corrected chi connectivity index (χ0v) is 7.25. The third kappa shape index (κ3) is 1.91. The Labute approximate surface area is 75.1 Å². The zero-order valence-electron chi connectivity index (χ0n) is 7.25. The summed E-state index contributed by atoms with van der Waals surface area (Å²) in [4.78, 5) is 13.7. The number of carbonyl (C=O) groups is 1. The number of aliphatic hydroxyl groups excluding tert-OH is 1. The fraction of sp³-hybridized carbons (Fsp3) is 0.857. The first-order valence-corrected chi connectivity index (χ1v) is 4.00. The molecule has 0 radical (unpaired) electrons. The molecule has 6 heteroatoms. The largest absolute Gasteiger partial charge is 0.469 e. The summed E-state index contributed by atoms with van der Waals surface area (Å²) in [6, 6.07) is -0.669. The molecule has 0 amide bonds. The first kappa shape index (κ1) is 9.83. The summed E-state index contributed by atoms with van der Waals surface area (Å²) >= 11 is 0. The Balaban J connectivity index is 2.74. The second-order valence-electron chi connectivity index (χ2n) is 2.97. The Morgan fingerprint density at radius 1 is 1.69 bits per heavy atom. The molecule has 0 aliphatic heterocycles. The van der Waals surface area contributed by atoms with Crippen molar-refractivity contribution < 1.29 is 14.6 Å². The summed E-state index contributed by atoms with van der Waals surface area (Å²) < 4.78 is 4.53. The van der Waals surface area contributed by atoms with Crippen LogP contribution in [-0.4, -0.2) is 30.3 Å². The van der Waals surface area contributed by atoms with Gasteiger partial charge >= 0.3 is 5.97 Å². The minimum atomic E-state index is -0.722. The minimum absolute atomic E-state index is 0.422. The van der Waals surface area contributed by atoms with E-state index in [0.29, 0.717) is 12.8 Å². The van der Waals surface area contributed by atoms with Crippen molar-refractivity contribution in [3.8, 4) is 0 Å². The number of azide groups is 1. The number of methoxy groups -OCH3 is 1. The molecule has 6 nitrogen and oxygen atoms in total. The van der Waals surface area contributed by atoms with Crippen LogP contribution in [0.3, 0.4) is 0 Å². The normalized spacial score (nSPS) is 32.3. The molecule has 0 spiro atoms. The summed E-state index contributed by atoms with van der Waals surface area (Å²) in [5, 5.41) is 12.7. The van der Waals surface area contributed by atoms with E-state index in [-0.39, 0.29) is 0 Å². The number of ether oxygens (including phenoxy) is 1. The quantitative estimate of drug-likeness (QED) is 0.295. The van der Waals surface area contributed by atoms with E-state index in [0.717, 1.165) is 0 Å². The molecule has 0 aromatic rings. The lowest BCUT2D eigenvalue weighted by Crippen LogP contribution is -2.29. The second-order valence-corrected chi connectivity index (χ2v) is 2.97. The predicted octanol–water partition coefficient (Wildman–Crippen LogP) is 0.609. The third-order valence-electron chi connectivity index (χ3n) is 2.27. The standard InChI is InChI=1S/C7H11N3O3/c1-13-7(12)4-2-3-5(11)6(4)9-10-8/h4-6,11H,2-3H2,1H3. The lowest BCUT2D eigenvalue weighted by molar-refractivity contribution is -0.145. The molecule has 3 atom stereocenters. The predicted molar refractivity (Wildman–Crippen MR) is 43.7 cm³/mol. The van der Waals surface area contributed by atoms with Crippen LogP contribution in [0.15, 0.2) is 5.11 Å². The van der Waals surface area contributed by atoms with Crippen LogP contribution in [0.1, 0.15) is 12.8 Å². The first-order chi connectivity index (χ1) is 6.20. The molecule has 1 saturated carbocycles. The third-order valence-corrected chi connectivity index (χ3v) is 2.27. The number of hydrogen-bond donors (Lipinski definition) is 1. The Kier molecular flexibility index (Phi) is 3.11. The van der Waals surface area contributed by atoms with Gasteiger partial charge in [-0.05, 0) is 18.4 Å². The van der Waals surface area contributed by atoms with Gasteiger partial charge in [-0.1, -0.05) is 5.11 Å². The highest BCUT2D eigenvalue weighted by Gasteiger charge is 2.39. The lowest BCUT2D eigenvalue weighted by atomic mass is 10.0. The number of rotatable bonds is 2. The van der Waals surface area contributed by atoms with Crippen LogP contribution in [0.4, 0.5) is 0 Å². The van der Waals surface area contributed by atoms with E-state index < -0.39 is 24.0 Å². The van der Waals surface area contributed by atoms with Crippen LogP contribution >= 0.6 is 0 Å². The van der Waals surface area contributed by atoms with Crippen molar-refractivity contribution in [2.24, 2.45) is 11.0 Å². The van der Waals surface area contributed by atoms with Gasteiger partial charge in [-0.25, -0.2) is 0 Å². The van der Waals surface area contributed by atoms with Crippen LogP contribution in [0.5, 0.6) is 0 Å². The number of esters is 1. The highest BCUT2D eigenvalue weighted by molar-refractivity contribution is 5.73. The van der Waals surface area contributed by atoms with E-state index >= 15 is 0 Å². The molecule has 1 rings (SSSR count). The zero-order chi connectivity index (χ0) is 9.84. The highest BCUT2D eigenvalue weighted by atomic mass is 16.5. The number of carbonyl (C=O) groups excluding carboxylic acids is 1. The number of aliphatic hydroxyl groups is 1. The van der Waals surface area contributed by atoms with Gasteiger partial charge in [0.25, 0.3) is 0 Å². The summed E-state index contributed by atoms with van der Waals surface area (Å²) in [6.45, 7) is 0. The van der Waals surface area contributed by atoms with E-state index in [1.165, 1.54) is 7.11 Å². The lowest BCUT2D eigenvalue weighted by Gasteiger charge is -2.13. The Morgan fingerprint density at radius 3 is 2.92 bits per heavy atom. The summed E-state index contributed by atoms with van der Waals surface area (Å²) in [6.07, 6.45) is 0.265. The van der Waals surface area contributed by atoms with Gasteiger partial charge in [0.15, 0.2) is 0 Å². The van der Waals surface area contributed by atoms with Gasteiger partial charge in [0.05, 0.1) is 25.2 Å². The molecule has 0 aromatic heterocycles. The molecule has 72 valence electrons. The number of nitrogens with zero attached hydrogens (tertiary/aromatic N) is 3. The van der Waals surface area contributed by atoms with Crippen LogP contribution < -0.4 is 0 Å². The molecule has 1 fully saturated rings. The molecule has 13 heavy (non-hydrogen) atoms. The van der Waals surface area contributed by atoms with Crippen molar-refractivity contribution >= 4 is 5.97 Å². The van der Waals surface area contributed by atoms with Crippen molar-refractivity contribution in [2.45, 2.75) is 25.0 Å². The number of hydrogen-bond acceptors (Lipinski definition) is 4. The molecule has 0 heterocycles. The molecule has 1 aliphatic carbocycles. The second kappa shape index (κ2) is 4.11. The van der Waals surface area contributed by atoms with Gasteiger partial charge in [-0.3, -0.25) is 4.79 Å². The SMILES string of the molecule is COC(=O)C1CCC(O)C1N=[N+]=[N-]. The maximum atomic E-state index is 11.1. The van der Waals surface area contributed by atoms with Gasteiger partial charge in [0, 0.05) is 4.91 Å². The van der Waals surface area contributed by atoms with Crippen LogP contribution in [0, 0.1) is 5.92 Å². The Hall–Kier alpha value is -1.26. The molecule has 0 saturated heterocycles. The summed E-state index contributed by atoms with van der Waals surface area (Å²) in [5.74, 6) is -0.912. The highest BCUT2D eigenvalue weighted by Crippen LogP contribution is 2.29. The van der Waals surface area contributed by atoms with Crippen molar-refractivity contribution in [1.29, 1.82) is 0 Å². The van der Waals surface area contributed by atoms with Gasteiger partial charge in [-0.2, -0.15) is 0 Å². The first-order valence-electron chi connectivity index (χ1n) is 4.00. The average Bonchev–Trinajstić information content (AvgIpc) is 2.48. The monoisotopic (exact) mass is 185 g/mol. The van der Waals surface area contributed by atoms with Crippen molar-refractivity contribution in [1.82, 2.24) is 0 Å². The van der Waals surface area contributed by atoms with Gasteiger partial charge in [0.1, 0.15) is 0 Å². The van der Waals surface area contributed by atoms with E-state index in [4.69, 9.17) is 5.53 Å². The van der Waals surface area contributed by atoms with E-state index in [1.807, 2.05) is 0 Å². The van der Waals surface area contributed by atoms with E-state index in [1.54, 1.807) is 0 Å². The van der Waals surface area contributed by atoms with E-state index in [9.17, 15) is 9.90 Å². The van der Waals surface area contributed by atoms with Crippen molar-refractivity contribution in [2.75, 3.05) is 7.11 Å². The van der Waals surface area contributed by atoms with Gasteiger partial charge in [-0.15, -0.1) is 0 Å². The average molecular weight is 185 g/mol. The molecular formula is C7H11N3O3. The molecule has 3 unspecified atom stereocenters. The topological polar surface area (TPSA) is 95.3 Å². The minimum Gasteiger partial charge on any atom is -0.469 e. The Bertz CT molecular complexity index is 249. The molecular weight excluding hydrogens is 174 g/mol. The fourth-order valence-corrected chi connectivity index (χ4v) is 1.59. The fourth-order valence-electron chi connectivity index (χ4n) is 1.59. The van der Waals surface area contributed by atoms with Crippen molar-refractivity contribution in [3.05, 3.63) is 10.4 Å². The van der Waals surface area contributed by atoms with Gasteiger partial charge in [0.2, 0.25) is 0 Å². The molecule has 1 N–H and O–H groups in total. The maximum absolute atomic E-state index is 11.1. The molecule has 0 aromatic carbocycles. The maximum Gasteiger partial charge on any atom is 0.309 e. The van der Waals surface area contributed by atoms with Crippen LogP contribution in [0.25, 0.3) is 10.4 Å². The smallest absolute Gasteiger partial charge is 0.309 e. The van der Waals surface area contributed by atoms with Crippen molar-refractivity contribution in [3.63, 3.8) is 0 Å². The van der Waals surface area contributed by atoms with Crippen LogP contribution in [0.2, 0.25) is 0 Å².